The molecule has 0 saturated carbocycles. The average molecular weight is 480 g/mol. The van der Waals surface area contributed by atoms with Crippen molar-refractivity contribution >= 4 is 19.7 Å². The molecule has 1 amide bonds. The number of ether oxygens (including phenoxy) is 1. The minimum absolute atomic E-state index is 0.0772. The highest BCUT2D eigenvalue weighted by Gasteiger charge is 2.23. The summed E-state index contributed by atoms with van der Waals surface area (Å²) in [5.41, 5.74) is 0. The molecule has 0 aliphatic carbocycles. The molecule has 0 aromatic heterocycles. The van der Waals surface area contributed by atoms with Crippen LogP contribution >= 0.6 is 7.82 Å². The van der Waals surface area contributed by atoms with E-state index in [0.29, 0.717) is 6.42 Å². The van der Waals surface area contributed by atoms with Crippen molar-refractivity contribution in [2.75, 3.05) is 26.4 Å². The molecule has 2 unspecified atom stereocenters. The van der Waals surface area contributed by atoms with Crippen LogP contribution in [0.2, 0.25) is 0 Å². The number of hydrogen-bond donors (Lipinski definition) is 3. The Balaban J connectivity index is 3.63. The Bertz CT molecular complexity index is 570. The lowest BCUT2D eigenvalue weighted by Crippen LogP contribution is -2.27. The number of unbranched alkanes of at least 4 members (excludes halogenated alkanes) is 7. The number of esters is 1. The third kappa shape index (κ3) is 20.6. The van der Waals surface area contributed by atoms with Crippen LogP contribution < -0.4 is 5.32 Å². The lowest BCUT2D eigenvalue weighted by molar-refractivity contribution is -0.146. The molecular formula is C22H42NO8P. The van der Waals surface area contributed by atoms with Crippen LogP contribution in [-0.2, 0) is 27.9 Å². The van der Waals surface area contributed by atoms with Crippen LogP contribution in [0.5, 0.6) is 0 Å². The van der Waals surface area contributed by atoms with Crippen molar-refractivity contribution in [3.8, 4) is 0 Å². The smallest absolute Gasteiger partial charge is 0.463 e. The fourth-order valence-corrected chi connectivity index (χ4v) is 3.39. The number of phosphoric acid groups is 1. The van der Waals surface area contributed by atoms with Gasteiger partial charge in [0, 0.05) is 19.4 Å². The molecule has 32 heavy (non-hydrogen) atoms. The van der Waals surface area contributed by atoms with Crippen LogP contribution in [0.1, 0.15) is 84.5 Å². The van der Waals surface area contributed by atoms with Gasteiger partial charge in [-0.2, -0.15) is 0 Å². The van der Waals surface area contributed by atoms with E-state index in [4.69, 9.17) is 9.26 Å². The molecule has 0 bridgehead atoms. The van der Waals surface area contributed by atoms with Gasteiger partial charge >= 0.3 is 13.8 Å². The van der Waals surface area contributed by atoms with Gasteiger partial charge in [0.2, 0.25) is 5.91 Å². The zero-order valence-corrected chi connectivity index (χ0v) is 20.5. The van der Waals surface area contributed by atoms with Gasteiger partial charge in [-0.15, -0.1) is 0 Å². The van der Waals surface area contributed by atoms with Crippen LogP contribution in [0, 0.1) is 0 Å². The van der Waals surface area contributed by atoms with E-state index in [1.807, 2.05) is 0 Å². The Morgan fingerprint density at radius 3 is 2.31 bits per heavy atom. The minimum atomic E-state index is -4.37. The fraction of sp³-hybridized carbons (Fsp3) is 0.818. The topological polar surface area (TPSA) is 131 Å². The van der Waals surface area contributed by atoms with Gasteiger partial charge in [0.05, 0.1) is 13.2 Å². The average Bonchev–Trinajstić information content (AvgIpc) is 2.77. The van der Waals surface area contributed by atoms with E-state index >= 15 is 0 Å². The molecule has 188 valence electrons. The molecular weight excluding hydrogens is 437 g/mol. The van der Waals surface area contributed by atoms with Gasteiger partial charge in [0.15, 0.2) is 0 Å². The molecule has 0 radical (unpaired) electrons. The number of allylic oxidation sites excluding steroid dienone is 2. The van der Waals surface area contributed by atoms with Gasteiger partial charge in [-0.3, -0.25) is 18.6 Å². The molecule has 2 atom stereocenters. The first-order valence-electron chi connectivity index (χ1n) is 11.7. The van der Waals surface area contributed by atoms with Gasteiger partial charge in [-0.05, 0) is 25.7 Å². The summed E-state index contributed by atoms with van der Waals surface area (Å²) in [6, 6.07) is 0. The zero-order valence-electron chi connectivity index (χ0n) is 19.6. The van der Waals surface area contributed by atoms with Crippen molar-refractivity contribution < 1.29 is 37.9 Å². The summed E-state index contributed by atoms with van der Waals surface area (Å²) in [6.07, 6.45) is 13.9. The molecule has 10 heteroatoms. The monoisotopic (exact) mass is 479 g/mol. The first-order chi connectivity index (χ1) is 15.3. The standard InChI is InChI=1S/C22H42NO8P/c1-3-5-6-7-8-9-10-11-12-13-14-15-21(25)23-16-17-30-32(27,28)31-19-20(24)18-29-22(26)4-2/h7-8,20,24H,3-6,9-19H2,1-2H3,(H,23,25)(H,27,28)/b8-7-. The van der Waals surface area contributed by atoms with Gasteiger partial charge in [-0.25, -0.2) is 4.57 Å². The van der Waals surface area contributed by atoms with Crippen molar-refractivity contribution in [1.82, 2.24) is 5.32 Å². The molecule has 0 heterocycles. The number of aliphatic hydroxyl groups excluding tert-OH is 1. The number of nitrogens with one attached hydrogen (secondary N) is 1. The molecule has 0 rings (SSSR count). The Kier molecular flexibility index (Phi) is 19.6. The molecule has 9 nitrogen and oxygen atoms in total. The van der Waals surface area contributed by atoms with Crippen molar-refractivity contribution in [2.45, 2.75) is 90.6 Å². The quantitative estimate of drug-likeness (QED) is 0.0973. The van der Waals surface area contributed by atoms with Crippen molar-refractivity contribution in [3.63, 3.8) is 0 Å². The van der Waals surface area contributed by atoms with Crippen LogP contribution in [0.25, 0.3) is 0 Å². The van der Waals surface area contributed by atoms with Crippen LogP contribution in [0.4, 0.5) is 0 Å². The Morgan fingerprint density at radius 2 is 1.62 bits per heavy atom. The van der Waals surface area contributed by atoms with E-state index in [2.05, 4.69) is 28.9 Å². The molecule has 3 N–H and O–H groups in total. The minimum Gasteiger partial charge on any atom is -0.463 e. The van der Waals surface area contributed by atoms with Crippen molar-refractivity contribution in [3.05, 3.63) is 12.2 Å². The van der Waals surface area contributed by atoms with Gasteiger partial charge in [0.1, 0.15) is 12.7 Å². The summed E-state index contributed by atoms with van der Waals surface area (Å²) in [6.45, 7) is 2.82. The third-order valence-corrected chi connectivity index (χ3v) is 5.48. The van der Waals surface area contributed by atoms with Gasteiger partial charge in [0.25, 0.3) is 0 Å². The second-order valence-electron chi connectivity index (χ2n) is 7.56. The maximum Gasteiger partial charge on any atom is 0.472 e. The zero-order chi connectivity index (χ0) is 24.1. The molecule has 0 aromatic rings. The van der Waals surface area contributed by atoms with Crippen LogP contribution in [-0.4, -0.2) is 54.3 Å². The first kappa shape index (κ1) is 30.8. The molecule has 0 aromatic carbocycles. The number of hydrogen-bond acceptors (Lipinski definition) is 7. The summed E-state index contributed by atoms with van der Waals surface area (Å²) in [5.74, 6) is -0.622. The molecule has 0 fully saturated rings. The van der Waals surface area contributed by atoms with Gasteiger partial charge in [-0.1, -0.05) is 58.1 Å². The number of carbonyl (C=O) groups is 2. The van der Waals surface area contributed by atoms with E-state index in [1.54, 1.807) is 6.92 Å². The lowest BCUT2D eigenvalue weighted by atomic mass is 10.1. The second kappa shape index (κ2) is 20.4. The fourth-order valence-electron chi connectivity index (χ4n) is 2.63. The SMILES string of the molecule is CCCC/C=C\CCCCCCCC(=O)NCCOP(=O)(O)OCC(O)COC(=O)CC. The number of carbonyl (C=O) groups excluding carboxylic acids is 2. The van der Waals surface area contributed by atoms with Crippen LogP contribution in [0.3, 0.4) is 0 Å². The highest BCUT2D eigenvalue weighted by molar-refractivity contribution is 7.47. The van der Waals surface area contributed by atoms with Crippen molar-refractivity contribution in [1.29, 1.82) is 0 Å². The molecule has 0 aliphatic heterocycles. The maximum atomic E-state index is 11.8. The predicted octanol–water partition coefficient (Wildman–Crippen LogP) is 4.03. The number of rotatable bonds is 21. The van der Waals surface area contributed by atoms with E-state index in [9.17, 15) is 24.2 Å². The summed E-state index contributed by atoms with van der Waals surface area (Å²) in [5, 5.41) is 12.2. The van der Waals surface area contributed by atoms with E-state index in [-0.39, 0.29) is 32.1 Å². The summed E-state index contributed by atoms with van der Waals surface area (Å²) < 4.78 is 25.8. The first-order valence-corrected chi connectivity index (χ1v) is 13.2. The van der Waals surface area contributed by atoms with E-state index < -0.39 is 26.5 Å². The highest BCUT2D eigenvalue weighted by Crippen LogP contribution is 2.42. The lowest BCUT2D eigenvalue weighted by Gasteiger charge is -2.15. The highest BCUT2D eigenvalue weighted by atomic mass is 31.2. The Labute approximate surface area is 192 Å². The predicted molar refractivity (Wildman–Crippen MR) is 123 cm³/mol. The molecule has 0 saturated heterocycles. The van der Waals surface area contributed by atoms with E-state index in [0.717, 1.165) is 32.1 Å². The van der Waals surface area contributed by atoms with Crippen molar-refractivity contribution in [2.24, 2.45) is 0 Å². The Morgan fingerprint density at radius 1 is 0.969 bits per heavy atom. The third-order valence-electron chi connectivity index (χ3n) is 4.50. The van der Waals surface area contributed by atoms with Gasteiger partial charge < -0.3 is 20.1 Å². The summed E-state index contributed by atoms with van der Waals surface area (Å²) >= 11 is 0. The molecule has 0 spiro atoms. The van der Waals surface area contributed by atoms with Crippen LogP contribution in [0.15, 0.2) is 12.2 Å². The largest absolute Gasteiger partial charge is 0.472 e. The second-order valence-corrected chi connectivity index (χ2v) is 9.01. The Hall–Kier alpha value is -1.25. The summed E-state index contributed by atoms with van der Waals surface area (Å²) in [4.78, 5) is 32.3. The maximum absolute atomic E-state index is 11.8. The number of phosphoric ester groups is 1. The normalized spacial score (nSPS) is 14.2. The number of amides is 1. The van der Waals surface area contributed by atoms with E-state index in [1.165, 1.54) is 25.7 Å². The number of aliphatic hydroxyl groups is 1. The molecule has 0 aliphatic rings. The summed E-state index contributed by atoms with van der Waals surface area (Å²) in [7, 11) is -4.37.